The summed E-state index contributed by atoms with van der Waals surface area (Å²) in [5.74, 6) is 0. The summed E-state index contributed by atoms with van der Waals surface area (Å²) in [6, 6.07) is 0. The molecule has 1 aliphatic rings. The smallest absolute Gasteiger partial charge is 0.109 e. The molecule has 1 fully saturated rings. The van der Waals surface area contributed by atoms with Crippen molar-refractivity contribution >= 4 is 12.6 Å². The van der Waals surface area contributed by atoms with Crippen LogP contribution >= 0.6 is 12.6 Å². The molecule has 0 N–H and O–H groups in total. The lowest BCUT2D eigenvalue weighted by atomic mass is 10.1. The summed E-state index contributed by atoms with van der Waals surface area (Å²) < 4.78 is 5.58. The quantitative estimate of drug-likeness (QED) is 0.539. The van der Waals surface area contributed by atoms with E-state index in [0.29, 0.717) is 0 Å². The molecule has 3 heteroatoms. The Kier molecular flexibility index (Phi) is 4.40. The van der Waals surface area contributed by atoms with Gasteiger partial charge in [0.2, 0.25) is 0 Å². The summed E-state index contributed by atoms with van der Waals surface area (Å²) in [4.78, 5) is 2.39. The first kappa shape index (κ1) is 10.4. The predicted molar refractivity (Wildman–Crippen MR) is 54.4 cm³/mol. The maximum absolute atomic E-state index is 5.58. The fourth-order valence-electron chi connectivity index (χ4n) is 1.65. The Labute approximate surface area is 80.7 Å². The number of likely N-dealkylation sites (tertiary alicyclic amines) is 1. The van der Waals surface area contributed by atoms with Crippen LogP contribution in [0.15, 0.2) is 0 Å². The number of hydrogen-bond acceptors (Lipinski definition) is 3. The summed E-state index contributed by atoms with van der Waals surface area (Å²) in [6.45, 7) is 6.44. The molecule has 1 heterocycles. The molecule has 0 aromatic carbocycles. The van der Waals surface area contributed by atoms with Gasteiger partial charge < -0.3 is 4.74 Å². The summed E-state index contributed by atoms with van der Waals surface area (Å²) in [5.41, 5.74) is 0.0435. The number of thiol groups is 1. The van der Waals surface area contributed by atoms with Crippen molar-refractivity contribution < 1.29 is 4.74 Å². The Morgan fingerprint density at radius 2 is 1.75 bits per heavy atom. The molecule has 0 radical (unpaired) electrons. The van der Waals surface area contributed by atoms with E-state index in [4.69, 9.17) is 4.74 Å². The van der Waals surface area contributed by atoms with E-state index in [1.807, 2.05) is 6.92 Å². The number of ether oxygens (including phenoxy) is 1. The van der Waals surface area contributed by atoms with Gasteiger partial charge in [0.05, 0.1) is 5.44 Å². The van der Waals surface area contributed by atoms with Crippen LogP contribution in [-0.4, -0.2) is 29.7 Å². The van der Waals surface area contributed by atoms with Crippen molar-refractivity contribution in [1.82, 2.24) is 4.90 Å². The molecule has 1 saturated heterocycles. The van der Waals surface area contributed by atoms with E-state index in [0.717, 1.165) is 0 Å². The number of nitrogens with zero attached hydrogens (tertiary/aromatic N) is 1. The van der Waals surface area contributed by atoms with E-state index in [2.05, 4.69) is 24.5 Å². The molecule has 2 atom stereocenters. The second kappa shape index (κ2) is 5.10. The zero-order chi connectivity index (χ0) is 8.97. The summed E-state index contributed by atoms with van der Waals surface area (Å²) in [6.07, 6.45) is 4.24. The van der Waals surface area contributed by atoms with E-state index < -0.39 is 0 Å². The second-order valence-electron chi connectivity index (χ2n) is 3.43. The first-order chi connectivity index (χ1) is 5.70. The Morgan fingerprint density at radius 3 is 2.25 bits per heavy atom. The van der Waals surface area contributed by atoms with Crippen LogP contribution in [0.2, 0.25) is 0 Å². The molecule has 0 bridgehead atoms. The van der Waals surface area contributed by atoms with Crippen molar-refractivity contribution in [2.24, 2.45) is 0 Å². The normalized spacial score (nSPS) is 25.2. The first-order valence-corrected chi connectivity index (χ1v) is 5.29. The van der Waals surface area contributed by atoms with Crippen LogP contribution in [0.3, 0.4) is 0 Å². The van der Waals surface area contributed by atoms with E-state index >= 15 is 0 Å². The van der Waals surface area contributed by atoms with Crippen molar-refractivity contribution in [1.29, 1.82) is 0 Å². The molecule has 2 nitrogen and oxygen atoms in total. The molecular weight excluding hydrogens is 170 g/mol. The van der Waals surface area contributed by atoms with Crippen LogP contribution < -0.4 is 0 Å². The molecule has 0 aliphatic carbocycles. The van der Waals surface area contributed by atoms with Gasteiger partial charge in [0.25, 0.3) is 0 Å². The molecular formula is C9H19NOS. The standard InChI is InChI=1S/C9H19NOS/c1-8(11-9(2)12)10-6-4-3-5-7-10/h8-9,12H,3-7H2,1-2H3. The van der Waals surface area contributed by atoms with Gasteiger partial charge in [-0.1, -0.05) is 6.42 Å². The van der Waals surface area contributed by atoms with E-state index in [1.165, 1.54) is 32.4 Å². The molecule has 0 aromatic heterocycles. The molecule has 0 spiro atoms. The number of rotatable bonds is 3. The van der Waals surface area contributed by atoms with Gasteiger partial charge in [-0.15, -0.1) is 12.6 Å². The van der Waals surface area contributed by atoms with Gasteiger partial charge in [0.15, 0.2) is 0 Å². The first-order valence-electron chi connectivity index (χ1n) is 4.77. The summed E-state index contributed by atoms with van der Waals surface area (Å²) >= 11 is 4.21. The highest BCUT2D eigenvalue weighted by Crippen LogP contribution is 2.14. The van der Waals surface area contributed by atoms with Gasteiger partial charge in [-0.05, 0) is 26.7 Å². The molecule has 72 valence electrons. The van der Waals surface area contributed by atoms with Crippen molar-refractivity contribution in [3.8, 4) is 0 Å². The highest BCUT2D eigenvalue weighted by atomic mass is 32.1. The third-order valence-electron chi connectivity index (χ3n) is 2.30. The average molecular weight is 189 g/mol. The Bertz CT molecular complexity index is 124. The fourth-order valence-corrected chi connectivity index (χ4v) is 1.83. The lowest BCUT2D eigenvalue weighted by Gasteiger charge is -2.32. The minimum atomic E-state index is 0.0435. The third-order valence-corrected chi connectivity index (χ3v) is 2.42. The van der Waals surface area contributed by atoms with Crippen LogP contribution in [0.25, 0.3) is 0 Å². The minimum absolute atomic E-state index is 0.0435. The van der Waals surface area contributed by atoms with Gasteiger partial charge in [-0.3, -0.25) is 4.90 Å². The molecule has 1 rings (SSSR count). The van der Waals surface area contributed by atoms with Crippen LogP contribution in [0.5, 0.6) is 0 Å². The Morgan fingerprint density at radius 1 is 1.17 bits per heavy atom. The molecule has 1 aliphatic heterocycles. The second-order valence-corrected chi connectivity index (χ2v) is 4.16. The van der Waals surface area contributed by atoms with Gasteiger partial charge in [-0.2, -0.15) is 0 Å². The zero-order valence-electron chi connectivity index (χ0n) is 7.99. The highest BCUT2D eigenvalue weighted by molar-refractivity contribution is 7.80. The summed E-state index contributed by atoms with van der Waals surface area (Å²) in [7, 11) is 0. The van der Waals surface area contributed by atoms with Crippen molar-refractivity contribution in [2.75, 3.05) is 13.1 Å². The van der Waals surface area contributed by atoms with Crippen molar-refractivity contribution in [3.63, 3.8) is 0 Å². The third kappa shape index (κ3) is 3.33. The van der Waals surface area contributed by atoms with Crippen LogP contribution in [-0.2, 0) is 4.74 Å². The molecule has 0 saturated carbocycles. The van der Waals surface area contributed by atoms with E-state index in [1.54, 1.807) is 0 Å². The maximum Gasteiger partial charge on any atom is 0.109 e. The largest absolute Gasteiger partial charge is 0.350 e. The predicted octanol–water partition coefficient (Wildman–Crippen LogP) is 2.11. The Hall–Kier alpha value is 0.270. The Balaban J connectivity index is 2.24. The summed E-state index contributed by atoms with van der Waals surface area (Å²) in [5, 5.41) is 0. The lowest BCUT2D eigenvalue weighted by molar-refractivity contribution is -0.0604. The molecule has 12 heavy (non-hydrogen) atoms. The monoisotopic (exact) mass is 189 g/mol. The van der Waals surface area contributed by atoms with Crippen LogP contribution in [0, 0.1) is 0 Å². The van der Waals surface area contributed by atoms with Crippen LogP contribution in [0.1, 0.15) is 33.1 Å². The topological polar surface area (TPSA) is 12.5 Å². The van der Waals surface area contributed by atoms with Crippen molar-refractivity contribution in [2.45, 2.75) is 44.8 Å². The van der Waals surface area contributed by atoms with E-state index in [9.17, 15) is 0 Å². The zero-order valence-corrected chi connectivity index (χ0v) is 8.89. The van der Waals surface area contributed by atoms with Crippen molar-refractivity contribution in [3.05, 3.63) is 0 Å². The average Bonchev–Trinajstić information content (AvgIpc) is 2.05. The van der Waals surface area contributed by atoms with Gasteiger partial charge >= 0.3 is 0 Å². The highest BCUT2D eigenvalue weighted by Gasteiger charge is 2.17. The molecule has 0 aromatic rings. The van der Waals surface area contributed by atoms with Gasteiger partial charge in [0.1, 0.15) is 6.23 Å². The lowest BCUT2D eigenvalue weighted by Crippen LogP contribution is -2.39. The molecule has 2 unspecified atom stereocenters. The number of piperidine rings is 1. The SMILES string of the molecule is CC(S)OC(C)N1CCCCC1. The fraction of sp³-hybridized carbons (Fsp3) is 1.00. The van der Waals surface area contributed by atoms with E-state index in [-0.39, 0.29) is 11.7 Å². The number of hydrogen-bond donors (Lipinski definition) is 1. The van der Waals surface area contributed by atoms with Gasteiger partial charge in [0, 0.05) is 13.1 Å². The molecule has 0 amide bonds. The minimum Gasteiger partial charge on any atom is -0.350 e. The van der Waals surface area contributed by atoms with Gasteiger partial charge in [-0.25, -0.2) is 0 Å². The van der Waals surface area contributed by atoms with Crippen LogP contribution in [0.4, 0.5) is 0 Å². The maximum atomic E-state index is 5.58.